The summed E-state index contributed by atoms with van der Waals surface area (Å²) in [7, 11) is 0. The number of carbonyl (C=O) groups excluding carboxylic acids is 3. The molecule has 0 N–H and O–H groups in total. The Bertz CT molecular complexity index is 480. The van der Waals surface area contributed by atoms with Crippen LogP contribution < -0.4 is 0 Å². The fourth-order valence-corrected chi connectivity index (χ4v) is 2.10. The minimum absolute atomic E-state index is 0.435. The molecule has 0 radical (unpaired) electrons. The summed E-state index contributed by atoms with van der Waals surface area (Å²) in [6.07, 6.45) is 1.45. The van der Waals surface area contributed by atoms with Gasteiger partial charge in [0.1, 0.15) is 6.10 Å². The van der Waals surface area contributed by atoms with E-state index in [1.165, 1.54) is 20.8 Å². The lowest BCUT2D eigenvalue weighted by atomic mass is 9.90. The van der Waals surface area contributed by atoms with Gasteiger partial charge in [0.25, 0.3) is 0 Å². The largest absolute Gasteiger partial charge is 0.458 e. The molecule has 0 aliphatic carbocycles. The van der Waals surface area contributed by atoms with Crippen LogP contribution in [0.25, 0.3) is 0 Å². The fourth-order valence-electron chi connectivity index (χ4n) is 2.10. The predicted octanol–water partition coefficient (Wildman–Crippen LogP) is 2.09. The first-order valence-corrected chi connectivity index (χ1v) is 6.68. The number of terminal acetylenes is 1. The molecule has 0 aromatic rings. The van der Waals surface area contributed by atoms with Crippen LogP contribution in [0.4, 0.5) is 18.3 Å². The van der Waals surface area contributed by atoms with Gasteiger partial charge in [-0.05, 0) is 0 Å². The normalized spacial score (nSPS) is 27.1. The van der Waals surface area contributed by atoms with E-state index in [4.69, 9.17) is 43.7 Å². The Labute approximate surface area is 141 Å². The Morgan fingerprint density at radius 1 is 0.880 bits per heavy atom. The molecule has 5 atom stereocenters. The molecular formula is C14H18F4O7. The van der Waals surface area contributed by atoms with Crippen molar-refractivity contribution in [3.05, 3.63) is 0 Å². The van der Waals surface area contributed by atoms with Gasteiger partial charge in [0.05, 0.1) is 0 Å². The molecule has 25 heavy (non-hydrogen) atoms. The van der Waals surface area contributed by atoms with E-state index in [-0.39, 0.29) is 0 Å². The molecule has 1 aliphatic heterocycles. The molecule has 0 saturated carbocycles. The van der Waals surface area contributed by atoms with Gasteiger partial charge in [-0.15, -0.1) is 6.42 Å². The molecule has 0 aromatic carbocycles. The van der Waals surface area contributed by atoms with E-state index in [0.29, 0.717) is 0 Å². The molecule has 11 heteroatoms. The molecule has 1 fully saturated rings. The summed E-state index contributed by atoms with van der Waals surface area (Å²) in [6, 6.07) is 0. The Morgan fingerprint density at radius 2 is 1.28 bits per heavy atom. The standard InChI is InChI=1S/C14H18O7.2F2/c1-6-11-7(2)12(18-8(3)15)13(19-9(4)16)14(21-11)20-10(5)17;2*1-2/h1,7,11-14H,2-5H3;;/t7-,11?,12+,13?,14+;;/m1../s1. The number of ether oxygens (including phenoxy) is 4. The third-order valence-electron chi connectivity index (χ3n) is 2.92. The van der Waals surface area contributed by atoms with E-state index in [1.807, 2.05) is 0 Å². The quantitative estimate of drug-likeness (QED) is 0.323. The molecule has 144 valence electrons. The van der Waals surface area contributed by atoms with Gasteiger partial charge in [0.15, 0.2) is 6.10 Å². The summed E-state index contributed by atoms with van der Waals surface area (Å²) in [4.78, 5) is 33.6. The van der Waals surface area contributed by atoms with E-state index in [9.17, 15) is 14.4 Å². The second-order valence-electron chi connectivity index (χ2n) is 4.71. The van der Waals surface area contributed by atoms with Crippen LogP contribution in [0.2, 0.25) is 0 Å². The van der Waals surface area contributed by atoms with Gasteiger partial charge in [-0.25, -0.2) is 0 Å². The summed E-state index contributed by atoms with van der Waals surface area (Å²) in [5.74, 6) is 0.131. The van der Waals surface area contributed by atoms with E-state index >= 15 is 0 Å². The molecule has 0 bridgehead atoms. The lowest BCUT2D eigenvalue weighted by Gasteiger charge is -2.41. The highest BCUT2D eigenvalue weighted by Crippen LogP contribution is 2.31. The van der Waals surface area contributed by atoms with Crippen molar-refractivity contribution in [3.63, 3.8) is 0 Å². The second kappa shape index (κ2) is 13.0. The van der Waals surface area contributed by atoms with Crippen LogP contribution in [0, 0.1) is 18.3 Å². The third-order valence-corrected chi connectivity index (χ3v) is 2.92. The topological polar surface area (TPSA) is 88.1 Å². The molecule has 1 aliphatic rings. The number of rotatable bonds is 3. The maximum absolute atomic E-state index is 11.2. The smallest absolute Gasteiger partial charge is 0.305 e. The summed E-state index contributed by atoms with van der Waals surface area (Å²) >= 11 is 0. The highest BCUT2D eigenvalue weighted by atomic mass is 20.0. The predicted molar refractivity (Wildman–Crippen MR) is 74.0 cm³/mol. The van der Waals surface area contributed by atoms with Crippen molar-refractivity contribution >= 4 is 17.9 Å². The van der Waals surface area contributed by atoms with Crippen LogP contribution in [0.15, 0.2) is 0 Å². The highest BCUT2D eigenvalue weighted by molar-refractivity contribution is 5.68. The first-order valence-electron chi connectivity index (χ1n) is 6.68. The molecule has 1 heterocycles. The molecule has 1 saturated heterocycles. The van der Waals surface area contributed by atoms with Gasteiger partial charge in [-0.2, -0.15) is 0 Å². The zero-order valence-corrected chi connectivity index (χ0v) is 13.8. The highest BCUT2D eigenvalue weighted by Gasteiger charge is 2.49. The first-order chi connectivity index (χ1) is 11.8. The van der Waals surface area contributed by atoms with Crippen molar-refractivity contribution in [2.45, 2.75) is 52.3 Å². The van der Waals surface area contributed by atoms with Gasteiger partial charge in [0, 0.05) is 45.0 Å². The van der Waals surface area contributed by atoms with Gasteiger partial charge in [-0.3, -0.25) is 14.4 Å². The monoisotopic (exact) mass is 374 g/mol. The van der Waals surface area contributed by atoms with E-state index in [0.717, 1.165) is 0 Å². The number of hydrogen-bond acceptors (Lipinski definition) is 7. The summed E-state index contributed by atoms with van der Waals surface area (Å²) in [6.45, 7) is 5.28. The lowest BCUT2D eigenvalue weighted by molar-refractivity contribution is -0.272. The van der Waals surface area contributed by atoms with E-state index < -0.39 is 48.4 Å². The van der Waals surface area contributed by atoms with Crippen molar-refractivity contribution in [2.24, 2.45) is 5.92 Å². The van der Waals surface area contributed by atoms with Gasteiger partial charge in [-0.1, -0.05) is 12.8 Å². The maximum atomic E-state index is 11.2. The Hall–Kier alpha value is -2.35. The molecule has 0 spiro atoms. The molecule has 0 amide bonds. The maximum Gasteiger partial charge on any atom is 0.305 e. The summed E-state index contributed by atoms with van der Waals surface area (Å²) in [5.41, 5.74) is 0. The number of halogens is 4. The zero-order chi connectivity index (χ0) is 20.2. The van der Waals surface area contributed by atoms with Crippen LogP contribution in [-0.2, 0) is 33.3 Å². The van der Waals surface area contributed by atoms with Crippen LogP contribution in [0.5, 0.6) is 0 Å². The molecule has 0 aromatic heterocycles. The van der Waals surface area contributed by atoms with Gasteiger partial charge >= 0.3 is 17.9 Å². The van der Waals surface area contributed by atoms with Gasteiger partial charge in [0.2, 0.25) is 12.4 Å². The number of esters is 3. The van der Waals surface area contributed by atoms with Gasteiger partial charge < -0.3 is 18.9 Å². The van der Waals surface area contributed by atoms with Crippen molar-refractivity contribution in [1.82, 2.24) is 0 Å². The zero-order valence-electron chi connectivity index (χ0n) is 13.8. The summed E-state index contributed by atoms with van der Waals surface area (Å²) < 4.78 is 52.7. The van der Waals surface area contributed by atoms with Crippen molar-refractivity contribution in [3.8, 4) is 12.3 Å². The minimum atomic E-state index is -1.23. The fraction of sp³-hybridized carbons (Fsp3) is 0.643. The third kappa shape index (κ3) is 8.35. The minimum Gasteiger partial charge on any atom is -0.458 e. The molecule has 1 rings (SSSR count). The molecule has 7 nitrogen and oxygen atoms in total. The van der Waals surface area contributed by atoms with Crippen molar-refractivity contribution < 1.29 is 51.6 Å². The Morgan fingerprint density at radius 3 is 1.64 bits per heavy atom. The van der Waals surface area contributed by atoms with Crippen LogP contribution >= 0.6 is 0 Å². The second-order valence-corrected chi connectivity index (χ2v) is 4.71. The van der Waals surface area contributed by atoms with Crippen LogP contribution in [0.3, 0.4) is 0 Å². The Kier molecular flexibility index (Phi) is 12.9. The summed E-state index contributed by atoms with van der Waals surface area (Å²) in [5, 5.41) is 0. The van der Waals surface area contributed by atoms with Crippen molar-refractivity contribution in [1.29, 1.82) is 0 Å². The Balaban J connectivity index is 0. The number of hydrogen-bond donors (Lipinski definition) is 0. The van der Waals surface area contributed by atoms with E-state index in [2.05, 4.69) is 5.92 Å². The first kappa shape index (κ1) is 24.9. The average molecular weight is 374 g/mol. The van der Waals surface area contributed by atoms with Crippen LogP contribution in [0.1, 0.15) is 27.7 Å². The lowest BCUT2D eigenvalue weighted by Crippen LogP contribution is -2.57. The van der Waals surface area contributed by atoms with E-state index in [1.54, 1.807) is 6.92 Å². The molecule has 2 unspecified atom stereocenters. The number of carbonyl (C=O) groups is 3. The van der Waals surface area contributed by atoms with Crippen molar-refractivity contribution in [2.75, 3.05) is 0 Å². The SMILES string of the molecule is C#CC1O[C@H](OC(C)=O)C(OC(C)=O)[C@@H](OC(C)=O)[C@@H]1C.FF.FF. The average Bonchev–Trinajstić information content (AvgIpc) is 2.56. The molecular weight excluding hydrogens is 356 g/mol. The van der Waals surface area contributed by atoms with Crippen LogP contribution in [-0.4, -0.2) is 42.5 Å².